The molecule has 1 aliphatic heterocycles. The van der Waals surface area contributed by atoms with E-state index in [1.165, 1.54) is 7.11 Å². The fourth-order valence-electron chi connectivity index (χ4n) is 2.35. The molecule has 1 fully saturated rings. The standard InChI is InChI=1S/C16H18F2N2O5/c1-9(5-13(21)24-2)19-14(22)16(3-4-25-16)15(23)20-12-7-10(17)6-11(18)8-12/h6-9H,3-5H2,1-2H3,(H,19,22)(H,20,23). The van der Waals surface area contributed by atoms with E-state index in [0.29, 0.717) is 6.07 Å². The van der Waals surface area contributed by atoms with Crippen molar-refractivity contribution >= 4 is 23.5 Å². The first-order chi connectivity index (χ1) is 11.8. The number of hydrogen-bond acceptors (Lipinski definition) is 5. The summed E-state index contributed by atoms with van der Waals surface area (Å²) in [5.41, 5.74) is -1.93. The van der Waals surface area contributed by atoms with Crippen LogP contribution >= 0.6 is 0 Å². The Labute approximate surface area is 142 Å². The predicted octanol–water partition coefficient (Wildman–Crippen LogP) is 1.13. The minimum absolute atomic E-state index is 0.0744. The van der Waals surface area contributed by atoms with Crippen molar-refractivity contribution < 1.29 is 32.6 Å². The van der Waals surface area contributed by atoms with E-state index in [4.69, 9.17) is 4.74 Å². The average Bonchev–Trinajstić information content (AvgIpc) is 2.44. The van der Waals surface area contributed by atoms with Gasteiger partial charge in [0, 0.05) is 24.2 Å². The molecular weight excluding hydrogens is 338 g/mol. The first kappa shape index (κ1) is 18.8. The van der Waals surface area contributed by atoms with E-state index < -0.39 is 41.1 Å². The number of rotatable bonds is 6. The number of anilines is 1. The summed E-state index contributed by atoms with van der Waals surface area (Å²) in [7, 11) is 1.22. The Hall–Kier alpha value is -2.55. The molecular formula is C16H18F2N2O5. The van der Waals surface area contributed by atoms with Crippen LogP contribution < -0.4 is 10.6 Å². The molecule has 2 N–H and O–H groups in total. The largest absolute Gasteiger partial charge is 0.469 e. The van der Waals surface area contributed by atoms with Crippen molar-refractivity contribution in [1.82, 2.24) is 5.32 Å². The molecule has 0 saturated carbocycles. The lowest BCUT2D eigenvalue weighted by molar-refractivity contribution is -0.182. The zero-order valence-electron chi connectivity index (χ0n) is 13.7. The lowest BCUT2D eigenvalue weighted by Gasteiger charge is -2.39. The molecule has 2 unspecified atom stereocenters. The third kappa shape index (κ3) is 4.30. The maximum absolute atomic E-state index is 13.2. The summed E-state index contributed by atoms with van der Waals surface area (Å²) in [5, 5.41) is 4.78. The minimum atomic E-state index is -1.80. The summed E-state index contributed by atoms with van der Waals surface area (Å²) in [6.07, 6.45) is 0.0302. The van der Waals surface area contributed by atoms with Gasteiger partial charge in [-0.05, 0) is 19.1 Å². The lowest BCUT2D eigenvalue weighted by atomic mass is 9.91. The Morgan fingerprint density at radius 2 is 1.84 bits per heavy atom. The summed E-state index contributed by atoms with van der Waals surface area (Å²) < 4.78 is 36.1. The van der Waals surface area contributed by atoms with E-state index in [-0.39, 0.29) is 25.1 Å². The monoisotopic (exact) mass is 356 g/mol. The Morgan fingerprint density at radius 1 is 1.24 bits per heavy atom. The van der Waals surface area contributed by atoms with Crippen LogP contribution in [0.4, 0.5) is 14.5 Å². The lowest BCUT2D eigenvalue weighted by Crippen LogP contribution is -2.64. The van der Waals surface area contributed by atoms with Gasteiger partial charge in [-0.1, -0.05) is 0 Å². The van der Waals surface area contributed by atoms with Crippen LogP contribution in [0.3, 0.4) is 0 Å². The van der Waals surface area contributed by atoms with Crippen LogP contribution in [0.25, 0.3) is 0 Å². The normalized spacial score (nSPS) is 20.2. The maximum Gasteiger partial charge on any atom is 0.307 e. The number of ether oxygens (including phenoxy) is 2. The summed E-state index contributed by atoms with van der Waals surface area (Å²) in [4.78, 5) is 36.0. The highest BCUT2D eigenvalue weighted by Gasteiger charge is 2.53. The highest BCUT2D eigenvalue weighted by molar-refractivity contribution is 6.14. The number of nitrogens with one attached hydrogen (secondary N) is 2. The Balaban J connectivity index is 2.06. The summed E-state index contributed by atoms with van der Waals surface area (Å²) >= 11 is 0. The van der Waals surface area contributed by atoms with Gasteiger partial charge in [0.15, 0.2) is 0 Å². The summed E-state index contributed by atoms with van der Waals surface area (Å²) in [6, 6.07) is 1.92. The molecule has 1 saturated heterocycles. The van der Waals surface area contributed by atoms with Gasteiger partial charge in [-0.3, -0.25) is 14.4 Å². The number of halogens is 2. The van der Waals surface area contributed by atoms with Crippen molar-refractivity contribution in [3.63, 3.8) is 0 Å². The fraction of sp³-hybridized carbons (Fsp3) is 0.438. The molecule has 2 rings (SSSR count). The fourth-order valence-corrected chi connectivity index (χ4v) is 2.35. The molecule has 0 aliphatic carbocycles. The molecule has 0 bridgehead atoms. The number of carbonyl (C=O) groups excluding carboxylic acids is 3. The second kappa shape index (κ2) is 7.56. The van der Waals surface area contributed by atoms with Gasteiger partial charge in [-0.15, -0.1) is 0 Å². The molecule has 9 heteroatoms. The van der Waals surface area contributed by atoms with E-state index >= 15 is 0 Å². The Bertz CT molecular complexity index is 671. The van der Waals surface area contributed by atoms with E-state index in [1.54, 1.807) is 6.92 Å². The molecule has 2 amide bonds. The average molecular weight is 356 g/mol. The van der Waals surface area contributed by atoms with Gasteiger partial charge in [0.05, 0.1) is 20.1 Å². The number of benzene rings is 1. The van der Waals surface area contributed by atoms with Gasteiger partial charge in [-0.25, -0.2) is 8.78 Å². The van der Waals surface area contributed by atoms with Gasteiger partial charge < -0.3 is 20.1 Å². The van der Waals surface area contributed by atoms with Crippen LogP contribution in [-0.4, -0.2) is 43.1 Å². The van der Waals surface area contributed by atoms with Gasteiger partial charge in [0.1, 0.15) is 11.6 Å². The van der Waals surface area contributed by atoms with Crippen molar-refractivity contribution in [3.8, 4) is 0 Å². The molecule has 1 aromatic rings. The summed E-state index contributed by atoms with van der Waals surface area (Å²) in [6.45, 7) is 1.75. The van der Waals surface area contributed by atoms with Crippen molar-refractivity contribution in [1.29, 1.82) is 0 Å². The third-order valence-electron chi connectivity index (χ3n) is 3.73. The van der Waals surface area contributed by atoms with Gasteiger partial charge in [-0.2, -0.15) is 0 Å². The van der Waals surface area contributed by atoms with Crippen molar-refractivity contribution in [2.75, 3.05) is 19.0 Å². The number of methoxy groups -OCH3 is 1. The van der Waals surface area contributed by atoms with Crippen LogP contribution in [0.1, 0.15) is 19.8 Å². The summed E-state index contributed by atoms with van der Waals surface area (Å²) in [5.74, 6) is -3.82. The van der Waals surface area contributed by atoms with Crippen molar-refractivity contribution in [3.05, 3.63) is 29.8 Å². The van der Waals surface area contributed by atoms with E-state index in [2.05, 4.69) is 15.4 Å². The first-order valence-corrected chi connectivity index (χ1v) is 7.56. The zero-order chi connectivity index (χ0) is 18.6. The van der Waals surface area contributed by atoms with E-state index in [0.717, 1.165) is 12.1 Å². The molecule has 1 aromatic carbocycles. The van der Waals surface area contributed by atoms with Gasteiger partial charge >= 0.3 is 5.97 Å². The Kier molecular flexibility index (Phi) is 5.68. The van der Waals surface area contributed by atoms with E-state index in [1.807, 2.05) is 0 Å². The highest BCUT2D eigenvalue weighted by Crippen LogP contribution is 2.29. The number of hydrogen-bond donors (Lipinski definition) is 2. The van der Waals surface area contributed by atoms with Crippen LogP contribution in [0.5, 0.6) is 0 Å². The van der Waals surface area contributed by atoms with Crippen molar-refractivity contribution in [2.45, 2.75) is 31.4 Å². The minimum Gasteiger partial charge on any atom is -0.469 e. The van der Waals surface area contributed by atoms with Crippen LogP contribution in [-0.2, 0) is 23.9 Å². The third-order valence-corrected chi connectivity index (χ3v) is 3.73. The molecule has 0 spiro atoms. The quantitative estimate of drug-likeness (QED) is 0.589. The highest BCUT2D eigenvalue weighted by atomic mass is 19.1. The first-order valence-electron chi connectivity index (χ1n) is 7.56. The van der Waals surface area contributed by atoms with Crippen LogP contribution in [0.15, 0.2) is 18.2 Å². The second-order valence-corrected chi connectivity index (χ2v) is 5.69. The SMILES string of the molecule is COC(=O)CC(C)NC(=O)C1(C(=O)Nc2cc(F)cc(F)c2)CCO1. The molecule has 0 aromatic heterocycles. The molecule has 1 aliphatic rings. The van der Waals surface area contributed by atoms with Gasteiger partial charge in [0.25, 0.3) is 11.8 Å². The molecule has 0 radical (unpaired) electrons. The number of amides is 2. The molecule has 7 nitrogen and oxygen atoms in total. The molecule has 2 atom stereocenters. The smallest absolute Gasteiger partial charge is 0.307 e. The number of esters is 1. The van der Waals surface area contributed by atoms with Crippen molar-refractivity contribution in [2.24, 2.45) is 0 Å². The Morgan fingerprint density at radius 3 is 2.32 bits per heavy atom. The van der Waals surface area contributed by atoms with Crippen LogP contribution in [0.2, 0.25) is 0 Å². The molecule has 1 heterocycles. The number of carbonyl (C=O) groups is 3. The van der Waals surface area contributed by atoms with Crippen LogP contribution in [0, 0.1) is 11.6 Å². The zero-order valence-corrected chi connectivity index (χ0v) is 13.7. The topological polar surface area (TPSA) is 93.7 Å². The predicted molar refractivity (Wildman–Crippen MR) is 82.5 cm³/mol. The molecule has 25 heavy (non-hydrogen) atoms. The molecule has 136 valence electrons. The van der Waals surface area contributed by atoms with Gasteiger partial charge in [0.2, 0.25) is 5.60 Å². The maximum atomic E-state index is 13.2. The van der Waals surface area contributed by atoms with E-state index in [9.17, 15) is 23.2 Å². The second-order valence-electron chi connectivity index (χ2n) is 5.69.